The maximum absolute atomic E-state index is 11.1. The number of ether oxygens (including phenoxy) is 1. The van der Waals surface area contributed by atoms with Gasteiger partial charge in [0.05, 0.1) is 18.3 Å². The molecule has 0 amide bonds. The number of hydrogen-bond acceptors (Lipinski definition) is 3. The van der Waals surface area contributed by atoms with Crippen LogP contribution >= 0.6 is 0 Å². The number of aliphatic carboxylic acids is 1. The molecule has 0 aliphatic carbocycles. The van der Waals surface area contributed by atoms with E-state index in [0.717, 1.165) is 16.5 Å². The van der Waals surface area contributed by atoms with Crippen LogP contribution < -0.4 is 0 Å². The van der Waals surface area contributed by atoms with Gasteiger partial charge in [0.2, 0.25) is 0 Å². The highest BCUT2D eigenvalue weighted by Gasteiger charge is 2.36. The zero-order valence-corrected chi connectivity index (χ0v) is 9.13. The Kier molecular flexibility index (Phi) is 2.37. The number of rotatable bonds is 2. The Morgan fingerprint density at radius 3 is 3.00 bits per heavy atom. The molecular formula is C13H12O4. The van der Waals surface area contributed by atoms with Gasteiger partial charge < -0.3 is 14.3 Å². The quantitative estimate of drug-likeness (QED) is 0.864. The lowest BCUT2D eigenvalue weighted by Gasteiger charge is -2.13. The molecule has 1 N–H and O–H groups in total. The van der Waals surface area contributed by atoms with Gasteiger partial charge >= 0.3 is 5.97 Å². The monoisotopic (exact) mass is 232 g/mol. The van der Waals surface area contributed by atoms with Gasteiger partial charge in [0.1, 0.15) is 5.58 Å². The summed E-state index contributed by atoms with van der Waals surface area (Å²) in [6.07, 6.45) is 1.77. The molecule has 0 bridgehead atoms. The number of carboxylic acid groups (broad SMARTS) is 1. The molecule has 4 nitrogen and oxygen atoms in total. The molecule has 88 valence electrons. The zero-order valence-electron chi connectivity index (χ0n) is 9.13. The van der Waals surface area contributed by atoms with Crippen molar-refractivity contribution in [1.29, 1.82) is 0 Å². The summed E-state index contributed by atoms with van der Waals surface area (Å²) >= 11 is 0. The van der Waals surface area contributed by atoms with Crippen molar-refractivity contribution in [3.8, 4) is 0 Å². The van der Waals surface area contributed by atoms with Crippen molar-refractivity contribution in [2.75, 3.05) is 6.61 Å². The van der Waals surface area contributed by atoms with Crippen LogP contribution in [0.4, 0.5) is 0 Å². The van der Waals surface area contributed by atoms with E-state index in [0.29, 0.717) is 13.0 Å². The number of benzene rings is 1. The van der Waals surface area contributed by atoms with Crippen molar-refractivity contribution in [2.45, 2.75) is 12.5 Å². The lowest BCUT2D eigenvalue weighted by atomic mass is 9.95. The van der Waals surface area contributed by atoms with E-state index in [-0.39, 0.29) is 0 Å². The van der Waals surface area contributed by atoms with Crippen molar-refractivity contribution < 1.29 is 19.1 Å². The second-order valence-electron chi connectivity index (χ2n) is 4.21. The SMILES string of the molecule is O=C(O)C1CCOC1c1coc2ccccc12. The molecular weight excluding hydrogens is 220 g/mol. The molecule has 1 saturated heterocycles. The van der Waals surface area contributed by atoms with E-state index < -0.39 is 18.0 Å². The van der Waals surface area contributed by atoms with Gasteiger partial charge in [-0.25, -0.2) is 0 Å². The largest absolute Gasteiger partial charge is 0.481 e. The van der Waals surface area contributed by atoms with Crippen LogP contribution in [0.3, 0.4) is 0 Å². The molecule has 2 unspecified atom stereocenters. The summed E-state index contributed by atoms with van der Waals surface area (Å²) in [7, 11) is 0. The van der Waals surface area contributed by atoms with Gasteiger partial charge in [-0.1, -0.05) is 18.2 Å². The van der Waals surface area contributed by atoms with Crippen LogP contribution in [0.5, 0.6) is 0 Å². The van der Waals surface area contributed by atoms with Gasteiger partial charge in [0.15, 0.2) is 0 Å². The molecule has 0 radical (unpaired) electrons. The predicted octanol–water partition coefficient (Wildman–Crippen LogP) is 2.60. The maximum atomic E-state index is 11.1. The third-order valence-electron chi connectivity index (χ3n) is 3.23. The molecule has 1 aromatic heterocycles. The number of carbonyl (C=O) groups is 1. The topological polar surface area (TPSA) is 59.7 Å². The van der Waals surface area contributed by atoms with Gasteiger partial charge in [-0.05, 0) is 12.5 Å². The summed E-state index contributed by atoms with van der Waals surface area (Å²) in [4.78, 5) is 11.1. The van der Waals surface area contributed by atoms with Crippen LogP contribution in [-0.4, -0.2) is 17.7 Å². The number of hydrogen-bond donors (Lipinski definition) is 1. The molecule has 2 heterocycles. The Morgan fingerprint density at radius 2 is 2.18 bits per heavy atom. The Bertz CT molecular complexity index is 557. The van der Waals surface area contributed by atoms with Crippen LogP contribution in [0.15, 0.2) is 34.9 Å². The Hall–Kier alpha value is -1.81. The minimum absolute atomic E-state index is 0.392. The van der Waals surface area contributed by atoms with Gasteiger partial charge in [0, 0.05) is 17.6 Å². The van der Waals surface area contributed by atoms with Crippen molar-refractivity contribution in [3.63, 3.8) is 0 Å². The minimum Gasteiger partial charge on any atom is -0.481 e. The van der Waals surface area contributed by atoms with Gasteiger partial charge in [-0.15, -0.1) is 0 Å². The number of furan rings is 1. The molecule has 0 saturated carbocycles. The van der Waals surface area contributed by atoms with E-state index in [1.165, 1.54) is 0 Å². The summed E-state index contributed by atoms with van der Waals surface area (Å²) in [5, 5.41) is 10.1. The Labute approximate surface area is 97.8 Å². The summed E-state index contributed by atoms with van der Waals surface area (Å²) in [5.74, 6) is -1.28. The lowest BCUT2D eigenvalue weighted by Crippen LogP contribution is -2.17. The number of carboxylic acids is 1. The van der Waals surface area contributed by atoms with Crippen molar-refractivity contribution >= 4 is 16.9 Å². The standard InChI is InChI=1S/C13H12O4/c14-13(15)9-5-6-16-12(9)10-7-17-11-4-2-1-3-8(10)11/h1-4,7,9,12H,5-6H2,(H,14,15). The molecule has 1 aliphatic rings. The van der Waals surface area contributed by atoms with Crippen LogP contribution in [0.2, 0.25) is 0 Å². The fourth-order valence-corrected chi connectivity index (χ4v) is 2.37. The third-order valence-corrected chi connectivity index (χ3v) is 3.23. The maximum Gasteiger partial charge on any atom is 0.309 e. The zero-order chi connectivity index (χ0) is 11.8. The second kappa shape index (κ2) is 3.89. The smallest absolute Gasteiger partial charge is 0.309 e. The van der Waals surface area contributed by atoms with Crippen molar-refractivity contribution in [3.05, 3.63) is 36.1 Å². The van der Waals surface area contributed by atoms with Crippen molar-refractivity contribution in [2.24, 2.45) is 5.92 Å². The highest BCUT2D eigenvalue weighted by Crippen LogP contribution is 2.38. The van der Waals surface area contributed by atoms with Gasteiger partial charge in [-0.2, -0.15) is 0 Å². The second-order valence-corrected chi connectivity index (χ2v) is 4.21. The third kappa shape index (κ3) is 1.61. The number of para-hydroxylation sites is 1. The van der Waals surface area contributed by atoms with Gasteiger partial charge in [-0.3, -0.25) is 4.79 Å². The average Bonchev–Trinajstić information content (AvgIpc) is 2.94. The molecule has 2 aromatic rings. The highest BCUT2D eigenvalue weighted by molar-refractivity contribution is 5.82. The summed E-state index contributed by atoms with van der Waals surface area (Å²) in [6.45, 7) is 0.487. The lowest BCUT2D eigenvalue weighted by molar-refractivity contribution is -0.143. The van der Waals surface area contributed by atoms with E-state index in [1.54, 1.807) is 6.26 Å². The first kappa shape index (κ1) is 10.4. The molecule has 1 aliphatic heterocycles. The molecule has 4 heteroatoms. The van der Waals surface area contributed by atoms with Crippen LogP contribution in [-0.2, 0) is 9.53 Å². The summed E-state index contributed by atoms with van der Waals surface area (Å²) < 4.78 is 11.0. The van der Waals surface area contributed by atoms with Crippen LogP contribution in [0.1, 0.15) is 18.1 Å². The first-order valence-electron chi connectivity index (χ1n) is 5.58. The molecule has 17 heavy (non-hydrogen) atoms. The van der Waals surface area contributed by atoms with Crippen LogP contribution in [0.25, 0.3) is 11.0 Å². The predicted molar refractivity (Wildman–Crippen MR) is 60.6 cm³/mol. The Morgan fingerprint density at radius 1 is 1.35 bits per heavy atom. The van der Waals surface area contributed by atoms with Crippen molar-refractivity contribution in [1.82, 2.24) is 0 Å². The van der Waals surface area contributed by atoms with E-state index in [1.807, 2.05) is 24.3 Å². The first-order chi connectivity index (χ1) is 8.27. The fraction of sp³-hybridized carbons (Fsp3) is 0.308. The van der Waals surface area contributed by atoms with Gasteiger partial charge in [0.25, 0.3) is 0 Å². The minimum atomic E-state index is -0.808. The molecule has 1 fully saturated rings. The molecule has 3 rings (SSSR count). The van der Waals surface area contributed by atoms with Crippen LogP contribution in [0, 0.1) is 5.92 Å². The average molecular weight is 232 g/mol. The van der Waals surface area contributed by atoms with E-state index >= 15 is 0 Å². The first-order valence-corrected chi connectivity index (χ1v) is 5.58. The highest BCUT2D eigenvalue weighted by atomic mass is 16.5. The summed E-state index contributed by atoms with van der Waals surface area (Å²) in [6, 6.07) is 7.59. The fourth-order valence-electron chi connectivity index (χ4n) is 2.37. The molecule has 0 spiro atoms. The number of fused-ring (bicyclic) bond motifs is 1. The Balaban J connectivity index is 2.06. The molecule has 2 atom stereocenters. The van der Waals surface area contributed by atoms with E-state index in [9.17, 15) is 4.79 Å². The molecule has 1 aromatic carbocycles. The normalized spacial score (nSPS) is 24.2. The van der Waals surface area contributed by atoms with E-state index in [4.69, 9.17) is 14.3 Å². The summed E-state index contributed by atoms with van der Waals surface area (Å²) in [5.41, 5.74) is 1.60. The van der Waals surface area contributed by atoms with E-state index in [2.05, 4.69) is 0 Å².